The molecular weight excluding hydrogens is 230 g/mol. The highest BCUT2D eigenvalue weighted by molar-refractivity contribution is 7.08. The van der Waals surface area contributed by atoms with E-state index in [9.17, 15) is 0 Å². The van der Waals surface area contributed by atoms with Gasteiger partial charge in [-0.25, -0.2) is 4.98 Å². The van der Waals surface area contributed by atoms with E-state index in [1.807, 2.05) is 12.1 Å². The van der Waals surface area contributed by atoms with Crippen LogP contribution < -0.4 is 0 Å². The Morgan fingerprint density at radius 1 is 1.35 bits per heavy atom. The fourth-order valence-corrected chi connectivity index (χ4v) is 2.69. The van der Waals surface area contributed by atoms with Crippen molar-refractivity contribution in [2.45, 2.75) is 6.92 Å². The minimum atomic E-state index is 0.609. The Bertz CT molecular complexity index is 731. The summed E-state index contributed by atoms with van der Waals surface area (Å²) in [5.74, 6) is 0.835. The molecule has 0 atom stereocenters. The van der Waals surface area contributed by atoms with Crippen LogP contribution in [-0.2, 0) is 0 Å². The molecule has 0 saturated heterocycles. The van der Waals surface area contributed by atoms with E-state index >= 15 is 0 Å². The molecular formula is C13H9N3S. The number of imidazole rings is 1. The maximum absolute atomic E-state index is 9.03. The minimum Gasteiger partial charge on any atom is -0.338 e. The highest BCUT2D eigenvalue weighted by atomic mass is 32.1. The number of nitrogens with zero attached hydrogens (tertiary/aromatic N) is 2. The standard InChI is InChI=1S/C13H9N3S/c1-8-6-17-7-10(8)13-15-11-4-2-3-9(5-14)12(11)16-13/h2-4,6-7H,1H3,(H,15,16). The van der Waals surface area contributed by atoms with Crippen LogP contribution in [0.5, 0.6) is 0 Å². The number of hydrogen-bond donors (Lipinski definition) is 1. The first-order chi connectivity index (χ1) is 8.29. The molecule has 0 amide bonds. The lowest BCUT2D eigenvalue weighted by atomic mass is 10.2. The average Bonchev–Trinajstić information content (AvgIpc) is 2.93. The molecule has 2 aromatic heterocycles. The van der Waals surface area contributed by atoms with E-state index in [0.29, 0.717) is 5.56 Å². The lowest BCUT2D eigenvalue weighted by Crippen LogP contribution is -1.79. The maximum Gasteiger partial charge on any atom is 0.139 e. The van der Waals surface area contributed by atoms with E-state index in [1.165, 1.54) is 5.56 Å². The number of thiophene rings is 1. The Balaban J connectivity index is 2.28. The molecule has 0 aliphatic heterocycles. The predicted molar refractivity (Wildman–Crippen MR) is 68.9 cm³/mol. The van der Waals surface area contributed by atoms with Gasteiger partial charge in [0.05, 0.1) is 11.1 Å². The third-order valence-electron chi connectivity index (χ3n) is 2.74. The van der Waals surface area contributed by atoms with Crippen LogP contribution >= 0.6 is 11.3 Å². The van der Waals surface area contributed by atoms with Crippen LogP contribution in [0.15, 0.2) is 29.0 Å². The Hall–Kier alpha value is -2.12. The summed E-state index contributed by atoms with van der Waals surface area (Å²) in [5.41, 5.74) is 4.57. The molecule has 1 aromatic carbocycles. The van der Waals surface area contributed by atoms with Crippen molar-refractivity contribution in [3.8, 4) is 17.5 Å². The van der Waals surface area contributed by atoms with Crippen LogP contribution in [-0.4, -0.2) is 9.97 Å². The van der Waals surface area contributed by atoms with Gasteiger partial charge in [0.1, 0.15) is 17.4 Å². The summed E-state index contributed by atoms with van der Waals surface area (Å²) < 4.78 is 0. The summed E-state index contributed by atoms with van der Waals surface area (Å²) in [6, 6.07) is 7.75. The van der Waals surface area contributed by atoms with Gasteiger partial charge in [-0.3, -0.25) is 0 Å². The van der Waals surface area contributed by atoms with Gasteiger partial charge in [0.15, 0.2) is 0 Å². The van der Waals surface area contributed by atoms with E-state index in [1.54, 1.807) is 17.4 Å². The van der Waals surface area contributed by atoms with Crippen molar-refractivity contribution in [2.24, 2.45) is 0 Å². The minimum absolute atomic E-state index is 0.609. The summed E-state index contributed by atoms with van der Waals surface area (Å²) in [6.07, 6.45) is 0. The van der Waals surface area contributed by atoms with Crippen LogP contribution in [0, 0.1) is 18.3 Å². The van der Waals surface area contributed by atoms with Gasteiger partial charge in [-0.05, 0) is 30.0 Å². The topological polar surface area (TPSA) is 52.5 Å². The summed E-state index contributed by atoms with van der Waals surface area (Å²) in [5, 5.41) is 13.2. The van der Waals surface area contributed by atoms with Crippen LogP contribution in [0.1, 0.15) is 11.1 Å². The molecule has 0 bridgehead atoms. The number of aryl methyl sites for hydroxylation is 1. The number of nitriles is 1. The maximum atomic E-state index is 9.03. The number of para-hydroxylation sites is 1. The largest absolute Gasteiger partial charge is 0.338 e. The molecule has 3 aromatic rings. The van der Waals surface area contributed by atoms with Crippen molar-refractivity contribution in [1.29, 1.82) is 5.26 Å². The van der Waals surface area contributed by atoms with Crippen LogP contribution in [0.4, 0.5) is 0 Å². The van der Waals surface area contributed by atoms with Crippen LogP contribution in [0.3, 0.4) is 0 Å². The molecule has 17 heavy (non-hydrogen) atoms. The van der Waals surface area contributed by atoms with Crippen molar-refractivity contribution in [3.05, 3.63) is 40.1 Å². The number of aromatic nitrogens is 2. The molecule has 82 valence electrons. The number of hydrogen-bond acceptors (Lipinski definition) is 3. The summed E-state index contributed by atoms with van der Waals surface area (Å²) >= 11 is 1.66. The van der Waals surface area contributed by atoms with Crippen molar-refractivity contribution in [2.75, 3.05) is 0 Å². The molecule has 0 saturated carbocycles. The molecule has 1 N–H and O–H groups in total. The van der Waals surface area contributed by atoms with Crippen molar-refractivity contribution in [3.63, 3.8) is 0 Å². The summed E-state index contributed by atoms with van der Waals surface area (Å²) in [6.45, 7) is 2.06. The molecule has 4 heteroatoms. The van der Waals surface area contributed by atoms with Gasteiger partial charge in [0, 0.05) is 10.9 Å². The molecule has 3 rings (SSSR count). The molecule has 3 nitrogen and oxygen atoms in total. The highest BCUT2D eigenvalue weighted by Crippen LogP contribution is 2.27. The van der Waals surface area contributed by atoms with E-state index in [4.69, 9.17) is 5.26 Å². The Kier molecular flexibility index (Phi) is 2.20. The van der Waals surface area contributed by atoms with Gasteiger partial charge in [0.25, 0.3) is 0 Å². The normalized spacial score (nSPS) is 10.6. The lowest BCUT2D eigenvalue weighted by molar-refractivity contribution is 1.32. The third kappa shape index (κ3) is 1.52. The number of nitrogens with one attached hydrogen (secondary N) is 1. The second-order valence-corrected chi connectivity index (χ2v) is 4.61. The number of aromatic amines is 1. The zero-order valence-electron chi connectivity index (χ0n) is 9.19. The van der Waals surface area contributed by atoms with E-state index in [-0.39, 0.29) is 0 Å². The van der Waals surface area contributed by atoms with Gasteiger partial charge in [-0.15, -0.1) is 0 Å². The zero-order valence-corrected chi connectivity index (χ0v) is 10.0. The fraction of sp³-hybridized carbons (Fsp3) is 0.0769. The Morgan fingerprint density at radius 2 is 2.24 bits per heavy atom. The molecule has 0 fully saturated rings. The summed E-state index contributed by atoms with van der Waals surface area (Å²) in [4.78, 5) is 7.77. The van der Waals surface area contributed by atoms with Gasteiger partial charge in [0.2, 0.25) is 0 Å². The molecule has 0 spiro atoms. The summed E-state index contributed by atoms with van der Waals surface area (Å²) in [7, 11) is 0. The molecule has 0 aliphatic rings. The SMILES string of the molecule is Cc1cscc1-c1nc2c(C#N)cccc2[nH]1. The van der Waals surface area contributed by atoms with Gasteiger partial charge >= 0.3 is 0 Å². The molecule has 0 aliphatic carbocycles. The van der Waals surface area contributed by atoms with E-state index in [0.717, 1.165) is 22.4 Å². The fourth-order valence-electron chi connectivity index (χ4n) is 1.85. The van der Waals surface area contributed by atoms with Gasteiger partial charge in [-0.1, -0.05) is 6.07 Å². The second kappa shape index (κ2) is 3.72. The quantitative estimate of drug-likeness (QED) is 0.707. The number of benzene rings is 1. The number of rotatable bonds is 1. The Labute approximate surface area is 102 Å². The second-order valence-electron chi connectivity index (χ2n) is 3.87. The van der Waals surface area contributed by atoms with Crippen LogP contribution in [0.25, 0.3) is 22.4 Å². The first-order valence-corrected chi connectivity index (χ1v) is 6.16. The average molecular weight is 239 g/mol. The number of fused-ring (bicyclic) bond motifs is 1. The van der Waals surface area contributed by atoms with E-state index < -0.39 is 0 Å². The van der Waals surface area contributed by atoms with Crippen LogP contribution in [0.2, 0.25) is 0 Å². The lowest BCUT2D eigenvalue weighted by Gasteiger charge is -1.92. The molecule has 2 heterocycles. The van der Waals surface area contributed by atoms with Gasteiger partial charge in [-0.2, -0.15) is 16.6 Å². The third-order valence-corrected chi connectivity index (χ3v) is 3.61. The predicted octanol–water partition coefficient (Wildman–Crippen LogP) is 3.47. The first kappa shape index (κ1) is 10.1. The molecule has 0 radical (unpaired) electrons. The van der Waals surface area contributed by atoms with Crippen molar-refractivity contribution < 1.29 is 0 Å². The zero-order chi connectivity index (χ0) is 11.8. The van der Waals surface area contributed by atoms with Crippen molar-refractivity contribution >= 4 is 22.4 Å². The monoisotopic (exact) mass is 239 g/mol. The highest BCUT2D eigenvalue weighted by Gasteiger charge is 2.10. The van der Waals surface area contributed by atoms with Crippen molar-refractivity contribution in [1.82, 2.24) is 9.97 Å². The smallest absolute Gasteiger partial charge is 0.139 e. The first-order valence-electron chi connectivity index (χ1n) is 5.21. The molecule has 0 unspecified atom stereocenters. The van der Waals surface area contributed by atoms with Gasteiger partial charge < -0.3 is 4.98 Å². The van der Waals surface area contributed by atoms with E-state index in [2.05, 4.69) is 33.7 Å². The Morgan fingerprint density at radius 3 is 2.94 bits per heavy atom. The number of H-pyrrole nitrogens is 1.